The molecule has 0 atom stereocenters. The Balaban J connectivity index is 0.00000484. The van der Waals surface area contributed by atoms with E-state index in [1.54, 1.807) is 7.11 Å². The number of unbranched alkanes of at least 4 members (excludes halogenated alkanes) is 7. The molecule has 0 saturated carbocycles. The van der Waals surface area contributed by atoms with Gasteiger partial charge in [-0.2, -0.15) is 0 Å². The number of nitrogens with zero attached hydrogens (tertiary/aromatic N) is 1. The van der Waals surface area contributed by atoms with Crippen LogP contribution in [0.4, 0.5) is 0 Å². The van der Waals surface area contributed by atoms with E-state index in [1.807, 2.05) is 6.07 Å². The van der Waals surface area contributed by atoms with Gasteiger partial charge < -0.3 is 21.6 Å². The Hall–Kier alpha value is -0.730. The van der Waals surface area contributed by atoms with Gasteiger partial charge in [-0.25, -0.2) is 0 Å². The molecule has 0 heterocycles. The summed E-state index contributed by atoms with van der Waals surface area (Å²) in [5, 5.41) is 0. The van der Waals surface area contributed by atoms with E-state index in [4.69, 9.17) is 4.74 Å². The summed E-state index contributed by atoms with van der Waals surface area (Å²) in [4.78, 5) is 0. The lowest BCUT2D eigenvalue weighted by Gasteiger charge is -2.30. The van der Waals surface area contributed by atoms with E-state index in [-0.39, 0.29) is 12.4 Å². The predicted octanol–water partition coefficient (Wildman–Crippen LogP) is 2.42. The van der Waals surface area contributed by atoms with Gasteiger partial charge in [0, 0.05) is 5.56 Å². The zero-order valence-electron chi connectivity index (χ0n) is 15.6. The molecule has 0 aliphatic rings. The summed E-state index contributed by atoms with van der Waals surface area (Å²) in [7, 11) is 6.40. The van der Waals surface area contributed by atoms with E-state index in [1.165, 1.54) is 63.5 Å². The maximum absolute atomic E-state index is 5.32. The Morgan fingerprint density at radius 1 is 0.913 bits per heavy atom. The van der Waals surface area contributed by atoms with Gasteiger partial charge in [0.25, 0.3) is 0 Å². The summed E-state index contributed by atoms with van der Waals surface area (Å²) in [5.74, 6) is 0.963. The number of benzene rings is 1. The van der Waals surface area contributed by atoms with Crippen molar-refractivity contribution < 1.29 is 21.6 Å². The monoisotopic (exact) mass is 341 g/mol. The van der Waals surface area contributed by atoms with Crippen molar-refractivity contribution in [3.8, 4) is 5.75 Å². The van der Waals surface area contributed by atoms with Crippen molar-refractivity contribution in [3.05, 3.63) is 29.8 Å². The van der Waals surface area contributed by atoms with Crippen LogP contribution in [0.1, 0.15) is 63.9 Å². The first-order valence-corrected chi connectivity index (χ1v) is 9.02. The summed E-state index contributed by atoms with van der Waals surface area (Å²) in [6.45, 7) is 4.61. The van der Waals surface area contributed by atoms with Crippen LogP contribution in [0.15, 0.2) is 24.3 Å². The number of hydrogen-bond donors (Lipinski definition) is 0. The SMILES string of the molecule is CCCCCCCCCC[N+](C)(C)Cc1cccc(OC)c1.[Cl-]. The van der Waals surface area contributed by atoms with Gasteiger partial charge in [0.15, 0.2) is 0 Å². The lowest BCUT2D eigenvalue weighted by atomic mass is 10.1. The first-order valence-electron chi connectivity index (χ1n) is 9.02. The smallest absolute Gasteiger partial charge is 0.119 e. The first-order chi connectivity index (χ1) is 10.6. The van der Waals surface area contributed by atoms with Crippen LogP contribution in [0, 0.1) is 0 Å². The van der Waals surface area contributed by atoms with Crippen LogP contribution in [-0.2, 0) is 6.54 Å². The molecule has 0 bridgehead atoms. The highest BCUT2D eigenvalue weighted by Gasteiger charge is 2.15. The minimum atomic E-state index is 0. The fourth-order valence-electron chi connectivity index (χ4n) is 3.02. The third-order valence-corrected chi connectivity index (χ3v) is 4.36. The van der Waals surface area contributed by atoms with Crippen molar-refractivity contribution in [3.63, 3.8) is 0 Å². The topological polar surface area (TPSA) is 9.23 Å². The van der Waals surface area contributed by atoms with Crippen molar-refractivity contribution in [1.29, 1.82) is 0 Å². The van der Waals surface area contributed by atoms with Crippen LogP contribution in [0.3, 0.4) is 0 Å². The molecule has 1 rings (SSSR count). The molecule has 2 nitrogen and oxygen atoms in total. The number of halogens is 1. The second kappa shape index (κ2) is 12.7. The average molecular weight is 342 g/mol. The van der Waals surface area contributed by atoms with Crippen molar-refractivity contribution >= 4 is 0 Å². The van der Waals surface area contributed by atoms with Gasteiger partial charge in [-0.05, 0) is 25.0 Å². The van der Waals surface area contributed by atoms with Crippen LogP contribution in [0.2, 0.25) is 0 Å². The largest absolute Gasteiger partial charge is 1.00 e. The van der Waals surface area contributed by atoms with E-state index < -0.39 is 0 Å². The Bertz CT molecular complexity index is 406. The van der Waals surface area contributed by atoms with Crippen molar-refractivity contribution in [2.45, 2.75) is 64.8 Å². The molecule has 0 unspecified atom stereocenters. The second-order valence-electron chi connectivity index (χ2n) is 7.14. The summed E-state index contributed by atoms with van der Waals surface area (Å²) in [6.07, 6.45) is 11.1. The van der Waals surface area contributed by atoms with Crippen LogP contribution in [0.5, 0.6) is 5.75 Å². The standard InChI is InChI=1S/C20H36NO.ClH/c1-5-6-7-8-9-10-11-12-16-21(2,3)18-19-14-13-15-20(17-19)22-4;/h13-15,17H,5-12,16,18H2,1-4H3;1H/q+1;/p-1. The molecular formula is C20H36ClNO. The van der Waals surface area contributed by atoms with Gasteiger partial charge in [-0.3, -0.25) is 0 Å². The molecule has 3 heteroatoms. The number of methoxy groups -OCH3 is 1. The van der Waals surface area contributed by atoms with E-state index in [0.29, 0.717) is 0 Å². The molecule has 1 aromatic rings. The van der Waals surface area contributed by atoms with Gasteiger partial charge in [0.1, 0.15) is 12.3 Å². The maximum atomic E-state index is 5.32. The third kappa shape index (κ3) is 10.6. The minimum absolute atomic E-state index is 0. The molecule has 0 fully saturated rings. The minimum Gasteiger partial charge on any atom is -1.00 e. The van der Waals surface area contributed by atoms with Crippen molar-refractivity contribution in [2.24, 2.45) is 0 Å². The number of ether oxygens (including phenoxy) is 1. The first kappa shape index (κ1) is 22.3. The molecule has 0 amide bonds. The zero-order valence-corrected chi connectivity index (χ0v) is 16.4. The van der Waals surface area contributed by atoms with Gasteiger partial charge >= 0.3 is 0 Å². The molecule has 0 aromatic heterocycles. The molecule has 134 valence electrons. The number of hydrogen-bond acceptors (Lipinski definition) is 1. The van der Waals surface area contributed by atoms with E-state index in [2.05, 4.69) is 39.2 Å². The second-order valence-corrected chi connectivity index (χ2v) is 7.14. The molecule has 0 spiro atoms. The van der Waals surface area contributed by atoms with Crippen molar-refractivity contribution in [2.75, 3.05) is 27.7 Å². The van der Waals surface area contributed by atoms with Gasteiger partial charge in [-0.15, -0.1) is 0 Å². The lowest BCUT2D eigenvalue weighted by Crippen LogP contribution is -3.00. The fraction of sp³-hybridized carbons (Fsp3) is 0.700. The van der Waals surface area contributed by atoms with Crippen LogP contribution in [0.25, 0.3) is 0 Å². The summed E-state index contributed by atoms with van der Waals surface area (Å²) in [5.41, 5.74) is 1.36. The van der Waals surface area contributed by atoms with E-state index in [9.17, 15) is 0 Å². The van der Waals surface area contributed by atoms with Gasteiger partial charge in [0.05, 0.1) is 27.7 Å². The molecular weight excluding hydrogens is 306 g/mol. The highest BCUT2D eigenvalue weighted by atomic mass is 35.5. The van der Waals surface area contributed by atoms with Crippen molar-refractivity contribution in [1.82, 2.24) is 0 Å². The highest BCUT2D eigenvalue weighted by molar-refractivity contribution is 5.27. The quantitative estimate of drug-likeness (QED) is 0.419. The summed E-state index contributed by atoms with van der Waals surface area (Å²) in [6, 6.07) is 8.47. The van der Waals surface area contributed by atoms with Crippen LogP contribution < -0.4 is 17.1 Å². The predicted molar refractivity (Wildman–Crippen MR) is 96.3 cm³/mol. The normalized spacial score (nSPS) is 11.1. The molecule has 0 N–H and O–H groups in total. The molecule has 1 aromatic carbocycles. The fourth-order valence-corrected chi connectivity index (χ4v) is 3.02. The molecule has 23 heavy (non-hydrogen) atoms. The third-order valence-electron chi connectivity index (χ3n) is 4.36. The van der Waals surface area contributed by atoms with Gasteiger partial charge in [0.2, 0.25) is 0 Å². The summed E-state index contributed by atoms with van der Waals surface area (Å²) >= 11 is 0. The molecule has 0 aliphatic carbocycles. The number of quaternary nitrogens is 1. The molecule has 0 saturated heterocycles. The average Bonchev–Trinajstić information content (AvgIpc) is 2.49. The van der Waals surface area contributed by atoms with Crippen LogP contribution in [-0.4, -0.2) is 32.2 Å². The van der Waals surface area contributed by atoms with E-state index >= 15 is 0 Å². The number of rotatable bonds is 12. The Morgan fingerprint density at radius 2 is 1.52 bits per heavy atom. The Kier molecular flexibility index (Phi) is 12.3. The molecule has 0 aliphatic heterocycles. The lowest BCUT2D eigenvalue weighted by molar-refractivity contribution is -0.903. The maximum Gasteiger partial charge on any atom is 0.119 e. The summed E-state index contributed by atoms with van der Waals surface area (Å²) < 4.78 is 6.37. The van der Waals surface area contributed by atoms with Gasteiger partial charge in [-0.1, -0.05) is 57.6 Å². The van der Waals surface area contributed by atoms with Crippen LogP contribution >= 0.6 is 0 Å². The zero-order chi connectivity index (χ0) is 16.3. The van der Waals surface area contributed by atoms with E-state index in [0.717, 1.165) is 16.8 Å². The Labute approximate surface area is 150 Å². The Morgan fingerprint density at radius 3 is 2.13 bits per heavy atom. The molecule has 0 radical (unpaired) electrons. The highest BCUT2D eigenvalue weighted by Crippen LogP contribution is 2.17.